The summed E-state index contributed by atoms with van der Waals surface area (Å²) < 4.78 is 24.2. The van der Waals surface area contributed by atoms with Gasteiger partial charge >= 0.3 is 0 Å². The van der Waals surface area contributed by atoms with Crippen molar-refractivity contribution in [1.29, 1.82) is 0 Å². The van der Waals surface area contributed by atoms with Gasteiger partial charge in [0.2, 0.25) is 0 Å². The van der Waals surface area contributed by atoms with Gasteiger partial charge in [-0.15, -0.1) is 0 Å². The second-order valence-electron chi connectivity index (χ2n) is 14.8. The topological polar surface area (TPSA) is 43.4 Å². The Bertz CT molecular complexity index is 1540. The Balaban J connectivity index is 0.686. The van der Waals surface area contributed by atoms with E-state index in [0.717, 1.165) is 62.1 Å². The number of unbranched alkanes of at least 4 members (excludes halogenated alkanes) is 14. The number of rotatable bonds is 24. The monoisotopic (exact) mass is 730 g/mol. The lowest BCUT2D eigenvalue weighted by Gasteiger charge is -2.31. The molecule has 2 aliphatic heterocycles. The minimum atomic E-state index is 0.582. The summed E-state index contributed by atoms with van der Waals surface area (Å²) in [6.07, 6.45) is 25.3. The molecule has 4 aromatic carbocycles. The number of nitrogens with zero attached hydrogens (tertiary/aromatic N) is 2. The lowest BCUT2D eigenvalue weighted by molar-refractivity contribution is 0.283. The zero-order chi connectivity index (χ0) is 36.9. The first-order chi connectivity index (χ1) is 26.8. The fourth-order valence-corrected chi connectivity index (χ4v) is 7.34. The van der Waals surface area contributed by atoms with Crippen LogP contribution in [0.5, 0.6) is 23.0 Å². The van der Waals surface area contributed by atoms with Gasteiger partial charge in [0.1, 0.15) is 23.0 Å². The second kappa shape index (κ2) is 22.6. The van der Waals surface area contributed by atoms with Crippen molar-refractivity contribution in [3.8, 4) is 23.0 Å². The van der Waals surface area contributed by atoms with Gasteiger partial charge in [-0.2, -0.15) is 0 Å². The predicted molar refractivity (Wildman–Crippen MR) is 223 cm³/mol. The number of allylic oxidation sites excluding steroid dienone is 2. The van der Waals surface area contributed by atoms with E-state index in [1.54, 1.807) is 0 Å². The van der Waals surface area contributed by atoms with Crippen LogP contribution < -0.4 is 28.7 Å². The molecule has 0 saturated carbocycles. The van der Waals surface area contributed by atoms with E-state index < -0.39 is 0 Å². The summed E-state index contributed by atoms with van der Waals surface area (Å²) in [5, 5.41) is 0. The van der Waals surface area contributed by atoms with Crippen molar-refractivity contribution in [1.82, 2.24) is 0 Å². The van der Waals surface area contributed by atoms with Gasteiger partial charge in [0.15, 0.2) is 13.5 Å². The summed E-state index contributed by atoms with van der Waals surface area (Å²) in [5.41, 5.74) is 4.74. The van der Waals surface area contributed by atoms with Crippen LogP contribution >= 0.6 is 0 Å². The first-order valence-electron chi connectivity index (χ1n) is 20.8. The number of para-hydroxylation sites is 2. The van der Waals surface area contributed by atoms with Crippen molar-refractivity contribution >= 4 is 11.4 Å². The highest BCUT2D eigenvalue weighted by Crippen LogP contribution is 2.33. The summed E-state index contributed by atoms with van der Waals surface area (Å²) in [7, 11) is 0. The minimum absolute atomic E-state index is 0.582. The lowest BCUT2D eigenvalue weighted by atomic mass is 10.1. The van der Waals surface area contributed by atoms with Crippen LogP contribution in [0.1, 0.15) is 114 Å². The molecule has 4 aromatic rings. The minimum Gasteiger partial charge on any atom is -0.494 e. The van der Waals surface area contributed by atoms with Gasteiger partial charge in [-0.25, -0.2) is 0 Å². The van der Waals surface area contributed by atoms with Gasteiger partial charge < -0.3 is 28.7 Å². The standard InChI is InChI=1S/C48H62N2O4/c1(3-5-7-9-11-13-15-23-33-51-45-29-31-47-41(35-45)37-49(39-53-47)43-25-19-17-20-26-43)2-4-6-8-10-12-14-16-24-34-52-46-30-32-48-42(36-46)38-50(40-54-48)44-27-21-18-22-28-44/h1-2,17-22,25-32,35-36H,3-16,23-24,33-34,37-40H2/b2-1+. The SMILES string of the molecule is C(=C\CCCCCCCCCOc1ccc2c(c1)CN(c1ccccc1)CO2)/CCCCCCCCCOc1ccc2c(c1)CN(c1ccccc1)CO2. The highest BCUT2D eigenvalue weighted by atomic mass is 16.5. The van der Waals surface area contributed by atoms with Crippen molar-refractivity contribution in [3.05, 3.63) is 120 Å². The zero-order valence-corrected chi connectivity index (χ0v) is 32.5. The first-order valence-corrected chi connectivity index (χ1v) is 20.8. The van der Waals surface area contributed by atoms with E-state index in [9.17, 15) is 0 Å². The van der Waals surface area contributed by atoms with E-state index in [1.165, 1.54) is 112 Å². The molecule has 0 bridgehead atoms. The Hall–Kier alpha value is -4.58. The number of ether oxygens (including phenoxy) is 4. The molecule has 0 spiro atoms. The smallest absolute Gasteiger partial charge is 0.161 e. The highest BCUT2D eigenvalue weighted by molar-refractivity contribution is 5.52. The summed E-state index contributed by atoms with van der Waals surface area (Å²) in [4.78, 5) is 4.50. The normalized spacial score (nSPS) is 13.6. The molecule has 6 rings (SSSR count). The molecule has 6 nitrogen and oxygen atoms in total. The summed E-state index contributed by atoms with van der Waals surface area (Å²) >= 11 is 0. The zero-order valence-electron chi connectivity index (χ0n) is 32.5. The van der Waals surface area contributed by atoms with Gasteiger partial charge in [0.25, 0.3) is 0 Å². The molecule has 2 heterocycles. The fraction of sp³-hybridized carbons (Fsp3) is 0.458. The van der Waals surface area contributed by atoms with Crippen LogP contribution in [0.2, 0.25) is 0 Å². The first kappa shape index (κ1) is 39.1. The maximum Gasteiger partial charge on any atom is 0.161 e. The Morgan fingerprint density at radius 2 is 0.833 bits per heavy atom. The molecule has 288 valence electrons. The molecular formula is C48H62N2O4. The van der Waals surface area contributed by atoms with Gasteiger partial charge in [-0.1, -0.05) is 113 Å². The third-order valence-electron chi connectivity index (χ3n) is 10.5. The van der Waals surface area contributed by atoms with Crippen molar-refractivity contribution in [2.75, 3.05) is 36.5 Å². The van der Waals surface area contributed by atoms with Crippen molar-refractivity contribution < 1.29 is 18.9 Å². The Morgan fingerprint density at radius 1 is 0.444 bits per heavy atom. The van der Waals surface area contributed by atoms with E-state index in [-0.39, 0.29) is 0 Å². The summed E-state index contributed by atoms with van der Waals surface area (Å²) in [6, 6.07) is 33.4. The molecule has 0 unspecified atom stereocenters. The van der Waals surface area contributed by atoms with Crippen LogP contribution in [0.15, 0.2) is 109 Å². The van der Waals surface area contributed by atoms with Crippen molar-refractivity contribution in [3.63, 3.8) is 0 Å². The van der Waals surface area contributed by atoms with Crippen LogP contribution in [0, 0.1) is 0 Å². The van der Waals surface area contributed by atoms with E-state index in [2.05, 4.69) is 94.7 Å². The largest absolute Gasteiger partial charge is 0.494 e. The molecule has 0 fully saturated rings. The molecule has 54 heavy (non-hydrogen) atoms. The number of hydrogen-bond donors (Lipinski definition) is 0. The molecule has 0 radical (unpaired) electrons. The Labute approximate surface area is 325 Å². The quantitative estimate of drug-likeness (QED) is 0.0528. The molecular weight excluding hydrogens is 669 g/mol. The third kappa shape index (κ3) is 13.1. The molecule has 0 aliphatic carbocycles. The average molecular weight is 731 g/mol. The number of hydrogen-bond acceptors (Lipinski definition) is 6. The predicted octanol–water partition coefficient (Wildman–Crippen LogP) is 12.7. The van der Waals surface area contributed by atoms with E-state index >= 15 is 0 Å². The molecule has 0 atom stereocenters. The Kier molecular flexibility index (Phi) is 16.4. The lowest BCUT2D eigenvalue weighted by Crippen LogP contribution is -2.31. The molecule has 2 aliphatic rings. The number of anilines is 2. The van der Waals surface area contributed by atoms with Gasteiger partial charge in [-0.05, 0) is 99.2 Å². The average Bonchev–Trinajstić information content (AvgIpc) is 3.22. The number of fused-ring (bicyclic) bond motifs is 2. The summed E-state index contributed by atoms with van der Waals surface area (Å²) in [6.45, 7) is 4.42. The molecule has 0 amide bonds. The van der Waals surface area contributed by atoms with Crippen LogP contribution in [0.3, 0.4) is 0 Å². The molecule has 0 N–H and O–H groups in total. The molecule has 6 heteroatoms. The van der Waals surface area contributed by atoms with Crippen molar-refractivity contribution in [2.24, 2.45) is 0 Å². The molecule has 0 aromatic heterocycles. The van der Waals surface area contributed by atoms with Gasteiger partial charge in [0.05, 0.1) is 13.2 Å². The Morgan fingerprint density at radius 3 is 1.26 bits per heavy atom. The van der Waals surface area contributed by atoms with Gasteiger partial charge in [0, 0.05) is 35.6 Å². The maximum atomic E-state index is 6.10. The van der Waals surface area contributed by atoms with Crippen LogP contribution in [-0.2, 0) is 13.1 Å². The molecule has 0 saturated heterocycles. The van der Waals surface area contributed by atoms with E-state index in [1.807, 2.05) is 24.3 Å². The maximum absolute atomic E-state index is 6.10. The summed E-state index contributed by atoms with van der Waals surface area (Å²) in [5.74, 6) is 3.83. The second-order valence-corrected chi connectivity index (χ2v) is 14.8. The highest BCUT2D eigenvalue weighted by Gasteiger charge is 2.19. The third-order valence-corrected chi connectivity index (χ3v) is 10.5. The van der Waals surface area contributed by atoms with Crippen LogP contribution in [-0.4, -0.2) is 26.7 Å². The van der Waals surface area contributed by atoms with Crippen LogP contribution in [0.4, 0.5) is 11.4 Å². The fourth-order valence-electron chi connectivity index (χ4n) is 7.34. The van der Waals surface area contributed by atoms with Crippen molar-refractivity contribution in [2.45, 2.75) is 116 Å². The number of benzene rings is 4. The van der Waals surface area contributed by atoms with Crippen LogP contribution in [0.25, 0.3) is 0 Å². The van der Waals surface area contributed by atoms with E-state index in [0.29, 0.717) is 13.5 Å². The van der Waals surface area contributed by atoms with E-state index in [4.69, 9.17) is 18.9 Å². The van der Waals surface area contributed by atoms with Gasteiger partial charge in [-0.3, -0.25) is 0 Å².